The van der Waals surface area contributed by atoms with Gasteiger partial charge in [-0.05, 0) is 57.2 Å². The van der Waals surface area contributed by atoms with E-state index >= 15 is 0 Å². The molecular weight excluding hydrogens is 216 g/mol. The van der Waals surface area contributed by atoms with E-state index in [0.717, 1.165) is 12.0 Å². The fraction of sp³-hybridized carbons (Fsp3) is 0.333. The molecule has 0 saturated carbocycles. The highest BCUT2D eigenvalue weighted by Gasteiger charge is 2.08. The zero-order valence-corrected chi connectivity index (χ0v) is 11.3. The van der Waals surface area contributed by atoms with Crippen molar-refractivity contribution in [2.45, 2.75) is 39.5 Å². The van der Waals surface area contributed by atoms with Crippen LogP contribution in [0.15, 0.2) is 53.1 Å². The molecule has 0 heterocycles. The molecule has 1 aliphatic carbocycles. The van der Waals surface area contributed by atoms with Gasteiger partial charge in [0.1, 0.15) is 0 Å². The second-order valence-electron chi connectivity index (χ2n) is 5.05. The zero-order valence-electron chi connectivity index (χ0n) is 11.3. The fourth-order valence-corrected chi connectivity index (χ4v) is 2.25. The third-order valence-electron chi connectivity index (χ3n) is 3.10. The molecule has 0 unspecified atom stereocenters. The van der Waals surface area contributed by atoms with Gasteiger partial charge in [-0.3, -0.25) is 0 Å². The highest BCUT2D eigenvalue weighted by atomic mass is 14.1. The first kappa shape index (κ1) is 12.7. The summed E-state index contributed by atoms with van der Waals surface area (Å²) in [5.74, 6) is 6.66. The van der Waals surface area contributed by atoms with Crippen molar-refractivity contribution in [1.29, 1.82) is 0 Å². The number of hydrogen-bond acceptors (Lipinski definition) is 0. The predicted octanol–water partition coefficient (Wildman–Crippen LogP) is 4.87. The summed E-state index contributed by atoms with van der Waals surface area (Å²) in [5, 5.41) is 0. The molecule has 0 N–H and O–H groups in total. The molecular formula is C18H20. The maximum atomic E-state index is 3.38. The van der Waals surface area contributed by atoms with Crippen LogP contribution in [0.2, 0.25) is 0 Å². The molecule has 2 rings (SSSR count). The molecule has 0 heteroatoms. The first-order chi connectivity index (χ1) is 8.75. The lowest BCUT2D eigenvalue weighted by Crippen LogP contribution is -1.97. The van der Waals surface area contributed by atoms with E-state index in [4.69, 9.17) is 0 Å². The van der Waals surface area contributed by atoms with Crippen LogP contribution in [0.25, 0.3) is 0 Å². The summed E-state index contributed by atoms with van der Waals surface area (Å²) >= 11 is 0. The van der Waals surface area contributed by atoms with Crippen molar-refractivity contribution in [3.05, 3.63) is 58.7 Å². The first-order valence-corrected chi connectivity index (χ1v) is 6.70. The molecule has 0 spiro atoms. The molecule has 0 atom stereocenters. The number of benzene rings is 1. The second kappa shape index (κ2) is 6.26. The van der Waals surface area contributed by atoms with Crippen LogP contribution in [0.5, 0.6) is 0 Å². The van der Waals surface area contributed by atoms with Gasteiger partial charge in [-0.25, -0.2) is 0 Å². The van der Waals surface area contributed by atoms with Crippen molar-refractivity contribution in [1.82, 2.24) is 0 Å². The quantitative estimate of drug-likeness (QED) is 0.610. The summed E-state index contributed by atoms with van der Waals surface area (Å²) < 4.78 is 0. The molecule has 0 bridgehead atoms. The average molecular weight is 236 g/mol. The van der Waals surface area contributed by atoms with E-state index < -0.39 is 0 Å². The van der Waals surface area contributed by atoms with Gasteiger partial charge in [0.05, 0.1) is 0 Å². The van der Waals surface area contributed by atoms with Crippen molar-refractivity contribution >= 4 is 0 Å². The second-order valence-corrected chi connectivity index (χ2v) is 5.05. The van der Waals surface area contributed by atoms with Crippen molar-refractivity contribution < 1.29 is 0 Å². The normalized spacial score (nSPS) is 14.8. The van der Waals surface area contributed by atoms with Crippen molar-refractivity contribution in [2.24, 2.45) is 0 Å². The third kappa shape index (κ3) is 3.64. The molecule has 0 aromatic heterocycles. The number of allylic oxidation sites excluding steroid dienone is 4. The lowest BCUT2D eigenvalue weighted by atomic mass is 9.91. The maximum absolute atomic E-state index is 3.38. The van der Waals surface area contributed by atoms with E-state index in [2.05, 4.69) is 43.9 Å². The van der Waals surface area contributed by atoms with E-state index in [0.29, 0.717) is 0 Å². The van der Waals surface area contributed by atoms with Gasteiger partial charge < -0.3 is 0 Å². The average Bonchev–Trinajstić information content (AvgIpc) is 2.38. The minimum absolute atomic E-state index is 1.10. The number of hydrogen-bond donors (Lipinski definition) is 0. The monoisotopic (exact) mass is 236 g/mol. The van der Waals surface area contributed by atoms with E-state index in [1.54, 1.807) is 0 Å². The smallest absolute Gasteiger partial charge is 0.0248 e. The minimum Gasteiger partial charge on any atom is -0.0761 e. The Balaban J connectivity index is 2.28. The largest absolute Gasteiger partial charge is 0.0761 e. The highest BCUT2D eigenvalue weighted by Crippen LogP contribution is 2.26. The molecule has 18 heavy (non-hydrogen) atoms. The van der Waals surface area contributed by atoms with Gasteiger partial charge in [-0.2, -0.15) is 0 Å². The van der Waals surface area contributed by atoms with Crippen LogP contribution in [0.1, 0.15) is 45.1 Å². The summed E-state index contributed by atoms with van der Waals surface area (Å²) in [6.45, 7) is 4.31. The van der Waals surface area contributed by atoms with Gasteiger partial charge in [0.15, 0.2) is 0 Å². The Morgan fingerprint density at radius 3 is 2.44 bits per heavy atom. The van der Waals surface area contributed by atoms with E-state index in [9.17, 15) is 0 Å². The lowest BCUT2D eigenvalue weighted by Gasteiger charge is -2.14. The van der Waals surface area contributed by atoms with Crippen LogP contribution in [0.4, 0.5) is 0 Å². The van der Waals surface area contributed by atoms with E-state index in [1.165, 1.54) is 36.0 Å². The topological polar surface area (TPSA) is 0 Å². The molecule has 0 amide bonds. The molecule has 92 valence electrons. The fourth-order valence-electron chi connectivity index (χ4n) is 2.25. The Labute approximate surface area is 110 Å². The van der Waals surface area contributed by atoms with Crippen LogP contribution >= 0.6 is 0 Å². The SMILES string of the molecule is CC(C)=CC1=C(C#Cc2ccccc2)CCCC1. The van der Waals surface area contributed by atoms with Crippen LogP contribution in [0, 0.1) is 11.8 Å². The summed E-state index contributed by atoms with van der Waals surface area (Å²) in [7, 11) is 0. The van der Waals surface area contributed by atoms with Crippen LogP contribution in [-0.2, 0) is 0 Å². The van der Waals surface area contributed by atoms with E-state index in [-0.39, 0.29) is 0 Å². The van der Waals surface area contributed by atoms with Crippen molar-refractivity contribution in [3.63, 3.8) is 0 Å². The van der Waals surface area contributed by atoms with Crippen molar-refractivity contribution in [3.8, 4) is 11.8 Å². The molecule has 1 aromatic carbocycles. The van der Waals surface area contributed by atoms with Gasteiger partial charge in [0.2, 0.25) is 0 Å². The zero-order chi connectivity index (χ0) is 12.8. The Hall–Kier alpha value is -1.74. The van der Waals surface area contributed by atoms with Gasteiger partial charge >= 0.3 is 0 Å². The van der Waals surface area contributed by atoms with Gasteiger partial charge in [0.25, 0.3) is 0 Å². The molecule has 0 fully saturated rings. The Morgan fingerprint density at radius 1 is 1.00 bits per heavy atom. The highest BCUT2D eigenvalue weighted by molar-refractivity contribution is 5.45. The van der Waals surface area contributed by atoms with Gasteiger partial charge in [-0.15, -0.1) is 0 Å². The lowest BCUT2D eigenvalue weighted by molar-refractivity contribution is 0.696. The Morgan fingerprint density at radius 2 is 1.72 bits per heavy atom. The Kier molecular flexibility index (Phi) is 4.42. The summed E-state index contributed by atoms with van der Waals surface area (Å²) in [4.78, 5) is 0. The standard InChI is InChI=1S/C18H20/c1-15(2)14-18-11-7-6-10-17(18)13-12-16-8-4-3-5-9-16/h3-5,8-9,14H,6-7,10-11H2,1-2H3. The molecule has 0 saturated heterocycles. The number of rotatable bonds is 1. The molecule has 0 radical (unpaired) electrons. The summed E-state index contributed by atoms with van der Waals surface area (Å²) in [5.41, 5.74) is 5.26. The van der Waals surface area contributed by atoms with Crippen LogP contribution < -0.4 is 0 Å². The predicted molar refractivity (Wildman–Crippen MR) is 78.2 cm³/mol. The Bertz CT molecular complexity index is 514. The maximum Gasteiger partial charge on any atom is 0.0248 e. The molecule has 0 nitrogen and oxygen atoms in total. The molecule has 1 aliphatic rings. The van der Waals surface area contributed by atoms with Crippen LogP contribution in [-0.4, -0.2) is 0 Å². The van der Waals surface area contributed by atoms with Crippen LogP contribution in [0.3, 0.4) is 0 Å². The van der Waals surface area contributed by atoms with E-state index in [1.807, 2.05) is 18.2 Å². The molecule has 0 aliphatic heterocycles. The van der Waals surface area contributed by atoms with Crippen molar-refractivity contribution in [2.75, 3.05) is 0 Å². The minimum atomic E-state index is 1.10. The van der Waals surface area contributed by atoms with Gasteiger partial charge in [-0.1, -0.05) is 41.7 Å². The first-order valence-electron chi connectivity index (χ1n) is 6.70. The summed E-state index contributed by atoms with van der Waals surface area (Å²) in [6.07, 6.45) is 7.20. The molecule has 1 aromatic rings. The van der Waals surface area contributed by atoms with Gasteiger partial charge in [0, 0.05) is 11.1 Å². The summed E-state index contributed by atoms with van der Waals surface area (Å²) in [6, 6.07) is 10.2. The third-order valence-corrected chi connectivity index (χ3v) is 3.10.